The third-order valence-corrected chi connectivity index (χ3v) is 17.9. The van der Waals surface area contributed by atoms with E-state index < -0.39 is 97.5 Å². The van der Waals surface area contributed by atoms with E-state index in [0.29, 0.717) is 38.5 Å². The first kappa shape index (κ1) is 98.7. The van der Waals surface area contributed by atoms with Gasteiger partial charge in [-0.15, -0.1) is 0 Å². The van der Waals surface area contributed by atoms with Gasteiger partial charge in [0.1, 0.15) is 19.3 Å². The number of hydrogen-bond acceptors (Lipinski definition) is 15. The first-order chi connectivity index (χ1) is 50.7. The van der Waals surface area contributed by atoms with Crippen LogP contribution in [0.1, 0.15) is 297 Å². The van der Waals surface area contributed by atoms with Crippen molar-refractivity contribution in [2.45, 2.75) is 316 Å². The third-order valence-electron chi connectivity index (χ3n) is 16.0. The summed E-state index contributed by atoms with van der Waals surface area (Å²) in [6.45, 7) is 4.46. The van der Waals surface area contributed by atoms with E-state index in [1.807, 2.05) is 24.3 Å². The molecule has 0 saturated carbocycles. The highest BCUT2D eigenvalue weighted by Crippen LogP contribution is 2.45. The molecule has 0 aliphatic heterocycles. The maximum absolute atomic E-state index is 13.1. The zero-order valence-electron chi connectivity index (χ0n) is 64.6. The molecule has 0 rings (SSSR count). The highest BCUT2D eigenvalue weighted by atomic mass is 31.2. The number of aliphatic hydroxyl groups excluding tert-OH is 1. The Morgan fingerprint density at radius 1 is 0.279 bits per heavy atom. The lowest BCUT2D eigenvalue weighted by atomic mass is 10.1. The van der Waals surface area contributed by atoms with E-state index in [1.165, 1.54) is 57.8 Å². The molecule has 0 fully saturated rings. The Labute approximate surface area is 629 Å². The summed E-state index contributed by atoms with van der Waals surface area (Å²) in [5.41, 5.74) is 0. The second-order valence-electron chi connectivity index (χ2n) is 25.9. The smallest absolute Gasteiger partial charge is 0.462 e. The molecule has 3 N–H and O–H groups in total. The maximum atomic E-state index is 13.1. The van der Waals surface area contributed by atoms with Crippen LogP contribution in [0.15, 0.2) is 158 Å². The second-order valence-corrected chi connectivity index (χ2v) is 28.8. The molecule has 0 heterocycles. The van der Waals surface area contributed by atoms with Crippen LogP contribution in [0.2, 0.25) is 0 Å². The molecule has 104 heavy (non-hydrogen) atoms. The summed E-state index contributed by atoms with van der Waals surface area (Å²) < 4.78 is 68.4. The standard InChI is InChI=1S/C85H140O17P2/c1-5-9-13-17-21-25-29-32-35-38-39-42-44-47-51-54-58-62-66-70-83(88)96-76-81(102-85(90)72-68-64-60-56-52-48-45-41-37-34-31-27-23-19-15-11-7-3)78-100-104(93,94)98-74-79(86)73-97-103(91,92)99-77-80(101-84(89)71-67-63-59-55-49-28-24-20-16-12-8-4)75-95-82(87)69-65-61-57-53-50-46-43-40-36-33-30-26-22-18-14-10-6-2/h10-11,14-15,21-23,25-27,32-37,39,42-43,45-46,48,53,56-57,60,79-81,86H,5-9,12-13,16-20,24,28-31,38,40-41,44,47,49-52,54-55,58-59,61-78H2,1-4H3,(H,91,92)(H,93,94)/b14-10-,15-11-,25-21-,26-22-,27-23-,35-32-,36-33-,37-34-,42-39-,46-43-,48-45-,57-53-,60-56-. The van der Waals surface area contributed by atoms with Crippen LogP contribution in [0.4, 0.5) is 0 Å². The summed E-state index contributed by atoms with van der Waals surface area (Å²) in [5.74, 6) is -2.33. The van der Waals surface area contributed by atoms with Gasteiger partial charge in [-0.2, -0.15) is 0 Å². The molecule has 0 aliphatic carbocycles. The fraction of sp³-hybridized carbons (Fsp3) is 0.647. The maximum Gasteiger partial charge on any atom is 0.472 e. The largest absolute Gasteiger partial charge is 0.472 e. The molecule has 0 aromatic rings. The number of esters is 4. The minimum absolute atomic E-state index is 0.00780. The molecular formula is C85H140O17P2. The molecule has 0 aromatic heterocycles. The highest BCUT2D eigenvalue weighted by molar-refractivity contribution is 7.47. The Kier molecular flexibility index (Phi) is 72.0. The lowest BCUT2D eigenvalue weighted by molar-refractivity contribution is -0.161. The lowest BCUT2D eigenvalue weighted by Gasteiger charge is -2.21. The van der Waals surface area contributed by atoms with Gasteiger partial charge in [-0.3, -0.25) is 37.3 Å². The van der Waals surface area contributed by atoms with Crippen molar-refractivity contribution in [3.63, 3.8) is 0 Å². The van der Waals surface area contributed by atoms with Gasteiger partial charge in [-0.1, -0.05) is 288 Å². The van der Waals surface area contributed by atoms with Crippen molar-refractivity contribution in [1.82, 2.24) is 0 Å². The van der Waals surface area contributed by atoms with Gasteiger partial charge < -0.3 is 33.8 Å². The van der Waals surface area contributed by atoms with Crippen LogP contribution in [0.3, 0.4) is 0 Å². The van der Waals surface area contributed by atoms with Gasteiger partial charge in [0, 0.05) is 25.7 Å². The molecule has 0 amide bonds. The number of allylic oxidation sites excluding steroid dienone is 26. The number of unbranched alkanes of at least 4 members (excludes halogenated alkanes) is 21. The zero-order chi connectivity index (χ0) is 76.0. The molecular weight excluding hydrogens is 1350 g/mol. The van der Waals surface area contributed by atoms with E-state index in [1.54, 1.807) is 0 Å². The quantitative estimate of drug-likeness (QED) is 0.0169. The molecule has 17 nitrogen and oxygen atoms in total. The number of hydrogen-bond donors (Lipinski definition) is 3. The molecule has 5 unspecified atom stereocenters. The van der Waals surface area contributed by atoms with Gasteiger partial charge in [0.2, 0.25) is 0 Å². The van der Waals surface area contributed by atoms with E-state index >= 15 is 0 Å². The zero-order valence-corrected chi connectivity index (χ0v) is 66.4. The number of rotatable bonds is 73. The van der Waals surface area contributed by atoms with Crippen LogP contribution < -0.4 is 0 Å². The Hall–Kier alpha value is -5.32. The van der Waals surface area contributed by atoms with Gasteiger partial charge >= 0.3 is 39.5 Å². The summed E-state index contributed by atoms with van der Waals surface area (Å²) in [4.78, 5) is 72.9. The minimum Gasteiger partial charge on any atom is -0.462 e. The summed E-state index contributed by atoms with van der Waals surface area (Å²) >= 11 is 0. The molecule has 0 bridgehead atoms. The van der Waals surface area contributed by atoms with Crippen LogP contribution in [0.25, 0.3) is 0 Å². The Morgan fingerprint density at radius 3 is 0.837 bits per heavy atom. The fourth-order valence-corrected chi connectivity index (χ4v) is 11.6. The van der Waals surface area contributed by atoms with Gasteiger partial charge in [-0.25, -0.2) is 9.13 Å². The van der Waals surface area contributed by atoms with Crippen molar-refractivity contribution in [3.8, 4) is 0 Å². The molecule has 0 saturated heterocycles. The molecule has 0 spiro atoms. The van der Waals surface area contributed by atoms with E-state index in [0.717, 1.165) is 148 Å². The van der Waals surface area contributed by atoms with Crippen LogP contribution in [0.5, 0.6) is 0 Å². The van der Waals surface area contributed by atoms with Crippen LogP contribution in [-0.4, -0.2) is 96.7 Å². The predicted molar refractivity (Wildman–Crippen MR) is 427 cm³/mol. The van der Waals surface area contributed by atoms with E-state index in [9.17, 15) is 43.2 Å². The Morgan fingerprint density at radius 2 is 0.510 bits per heavy atom. The summed E-state index contributed by atoms with van der Waals surface area (Å²) in [5, 5.41) is 10.6. The molecule has 0 radical (unpaired) electrons. The van der Waals surface area contributed by atoms with Crippen molar-refractivity contribution in [3.05, 3.63) is 158 Å². The fourth-order valence-electron chi connectivity index (χ4n) is 10.0. The minimum atomic E-state index is -5.00. The van der Waals surface area contributed by atoms with E-state index in [2.05, 4.69) is 161 Å². The SMILES string of the molecule is CC/C=C\C/C=C\C/C=C\C/C=C\C/C=C\CCCC(=O)OCC(COP(=O)(O)OCC(O)COP(=O)(O)OCC(COC(=O)CCCCCCCC/C=C\C/C=C\C/C=C\CCCCC)OC(=O)CCC/C=C\C/C=C\C/C=C\C/C=C\C/C=C\CC)OC(=O)CCCCCCCCCCCCC. The van der Waals surface area contributed by atoms with Crippen molar-refractivity contribution in [2.24, 2.45) is 0 Å². The van der Waals surface area contributed by atoms with Crippen molar-refractivity contribution in [1.29, 1.82) is 0 Å². The normalized spacial score (nSPS) is 14.7. The van der Waals surface area contributed by atoms with Crippen molar-refractivity contribution >= 4 is 39.5 Å². The van der Waals surface area contributed by atoms with Gasteiger partial charge in [0.05, 0.1) is 26.4 Å². The predicted octanol–water partition coefficient (Wildman–Crippen LogP) is 23.2. The number of phosphoric ester groups is 2. The van der Waals surface area contributed by atoms with Gasteiger partial charge in [0.15, 0.2) is 12.2 Å². The lowest BCUT2D eigenvalue weighted by Crippen LogP contribution is -2.30. The summed E-state index contributed by atoms with van der Waals surface area (Å²) in [6, 6.07) is 0. The summed E-state index contributed by atoms with van der Waals surface area (Å²) in [6.07, 6.45) is 88.1. The molecule has 19 heteroatoms. The van der Waals surface area contributed by atoms with Crippen molar-refractivity contribution in [2.75, 3.05) is 39.6 Å². The first-order valence-corrected chi connectivity index (χ1v) is 42.7. The monoisotopic (exact) mass is 1490 g/mol. The van der Waals surface area contributed by atoms with E-state index in [-0.39, 0.29) is 25.7 Å². The topological polar surface area (TPSA) is 237 Å². The van der Waals surface area contributed by atoms with Crippen LogP contribution >= 0.6 is 15.6 Å². The van der Waals surface area contributed by atoms with Crippen LogP contribution in [0, 0.1) is 0 Å². The second kappa shape index (κ2) is 75.9. The number of ether oxygens (including phenoxy) is 4. The Bertz CT molecular complexity index is 2590. The molecule has 0 aliphatic rings. The average Bonchev–Trinajstić information content (AvgIpc) is 0.906. The summed E-state index contributed by atoms with van der Waals surface area (Å²) in [7, 11) is -10.00. The molecule has 592 valence electrons. The molecule has 0 aromatic carbocycles. The number of carbonyl (C=O) groups is 4. The first-order valence-electron chi connectivity index (χ1n) is 39.7. The highest BCUT2D eigenvalue weighted by Gasteiger charge is 2.30. The number of phosphoric acid groups is 2. The van der Waals surface area contributed by atoms with Gasteiger partial charge in [-0.05, 0) is 141 Å². The van der Waals surface area contributed by atoms with Crippen molar-refractivity contribution < 1.29 is 80.2 Å². The molecule has 5 atom stereocenters. The third kappa shape index (κ3) is 74.9. The van der Waals surface area contributed by atoms with Gasteiger partial charge in [0.25, 0.3) is 0 Å². The average molecular weight is 1500 g/mol. The number of carbonyl (C=O) groups excluding carboxylic acids is 4. The number of aliphatic hydroxyl groups is 1. The van der Waals surface area contributed by atoms with E-state index in [4.69, 9.17) is 37.0 Å². The Balaban J connectivity index is 5.45. The van der Waals surface area contributed by atoms with Crippen LogP contribution in [-0.2, 0) is 65.4 Å².